The second-order valence-electron chi connectivity index (χ2n) is 2.53. The Morgan fingerprint density at radius 3 is 2.27 bits per heavy atom. The third-order valence-corrected chi connectivity index (χ3v) is 1.77. The van der Waals surface area contributed by atoms with Crippen LogP contribution in [0.15, 0.2) is 6.07 Å². The minimum Gasteiger partial charge on any atom is -0.505 e. The fraction of sp³-hybridized carbons (Fsp3) is 0.286. The van der Waals surface area contributed by atoms with Crippen molar-refractivity contribution in [2.24, 2.45) is 0 Å². The highest BCUT2D eigenvalue weighted by atomic mass is 35.5. The molecular formula is C7H3ClF5NO. The van der Waals surface area contributed by atoms with Crippen LogP contribution in [0.5, 0.6) is 5.75 Å². The van der Waals surface area contributed by atoms with Gasteiger partial charge in [-0.3, -0.25) is 0 Å². The summed E-state index contributed by atoms with van der Waals surface area (Å²) in [5.74, 6) is -0.917. The Labute approximate surface area is 85.3 Å². The molecule has 0 saturated heterocycles. The maximum Gasteiger partial charge on any atom is 0.433 e. The van der Waals surface area contributed by atoms with Crippen LogP contribution in [0.2, 0.25) is 5.15 Å². The highest BCUT2D eigenvalue weighted by Crippen LogP contribution is 2.38. The van der Waals surface area contributed by atoms with Gasteiger partial charge in [-0.15, -0.1) is 0 Å². The molecule has 1 aromatic rings. The first-order chi connectivity index (χ1) is 6.73. The number of hydrogen-bond acceptors (Lipinski definition) is 2. The van der Waals surface area contributed by atoms with Gasteiger partial charge in [-0.1, -0.05) is 11.6 Å². The number of alkyl halides is 5. The molecule has 1 rings (SSSR count). The minimum absolute atomic E-state index is 0.253. The van der Waals surface area contributed by atoms with Gasteiger partial charge in [0.25, 0.3) is 6.43 Å². The van der Waals surface area contributed by atoms with E-state index in [0.29, 0.717) is 0 Å². The summed E-state index contributed by atoms with van der Waals surface area (Å²) in [5.41, 5.74) is -3.19. The van der Waals surface area contributed by atoms with E-state index in [1.165, 1.54) is 0 Å². The molecule has 0 aliphatic carbocycles. The van der Waals surface area contributed by atoms with Crippen molar-refractivity contribution in [2.45, 2.75) is 12.6 Å². The van der Waals surface area contributed by atoms with E-state index in [4.69, 9.17) is 16.7 Å². The fourth-order valence-corrected chi connectivity index (χ4v) is 1.03. The molecule has 1 N–H and O–H groups in total. The Bertz CT molecular complexity index is 378. The van der Waals surface area contributed by atoms with Crippen LogP contribution in [0, 0.1) is 0 Å². The zero-order chi connectivity index (χ0) is 11.8. The first-order valence-electron chi connectivity index (χ1n) is 3.48. The van der Waals surface area contributed by atoms with Gasteiger partial charge in [-0.25, -0.2) is 13.8 Å². The van der Waals surface area contributed by atoms with E-state index < -0.39 is 34.8 Å². The van der Waals surface area contributed by atoms with Gasteiger partial charge in [0.2, 0.25) is 0 Å². The van der Waals surface area contributed by atoms with Gasteiger partial charge >= 0.3 is 6.18 Å². The molecule has 0 amide bonds. The predicted octanol–water partition coefficient (Wildman–Crippen LogP) is 3.40. The van der Waals surface area contributed by atoms with Gasteiger partial charge in [0.1, 0.15) is 0 Å². The second-order valence-corrected chi connectivity index (χ2v) is 2.89. The Balaban J connectivity index is 3.42. The van der Waals surface area contributed by atoms with Crippen LogP contribution >= 0.6 is 11.6 Å². The molecule has 15 heavy (non-hydrogen) atoms. The highest BCUT2D eigenvalue weighted by molar-refractivity contribution is 6.30. The van der Waals surface area contributed by atoms with E-state index in [1.54, 1.807) is 0 Å². The third kappa shape index (κ3) is 2.47. The van der Waals surface area contributed by atoms with Gasteiger partial charge < -0.3 is 5.11 Å². The van der Waals surface area contributed by atoms with Crippen molar-refractivity contribution in [1.29, 1.82) is 0 Å². The fourth-order valence-electron chi connectivity index (χ4n) is 0.889. The maximum atomic E-state index is 12.2. The number of halogens is 6. The van der Waals surface area contributed by atoms with Crippen LogP contribution in [0.1, 0.15) is 17.7 Å². The monoisotopic (exact) mass is 247 g/mol. The largest absolute Gasteiger partial charge is 0.505 e. The van der Waals surface area contributed by atoms with Crippen LogP contribution in [0.4, 0.5) is 22.0 Å². The predicted molar refractivity (Wildman–Crippen MR) is 40.9 cm³/mol. The van der Waals surface area contributed by atoms with E-state index in [2.05, 4.69) is 4.98 Å². The summed E-state index contributed by atoms with van der Waals surface area (Å²) in [7, 11) is 0. The molecule has 0 fully saturated rings. The van der Waals surface area contributed by atoms with E-state index in [-0.39, 0.29) is 6.07 Å². The number of pyridine rings is 1. The Morgan fingerprint density at radius 2 is 1.87 bits per heavy atom. The molecule has 0 aliphatic heterocycles. The molecule has 0 unspecified atom stereocenters. The van der Waals surface area contributed by atoms with Crippen LogP contribution in [-0.2, 0) is 6.18 Å². The van der Waals surface area contributed by atoms with Gasteiger partial charge in [-0.2, -0.15) is 13.2 Å². The normalized spacial score (nSPS) is 12.2. The number of aromatic nitrogens is 1. The third-order valence-electron chi connectivity index (χ3n) is 1.49. The summed E-state index contributed by atoms with van der Waals surface area (Å²) in [6, 6.07) is 0.253. The standard InChI is InChI=1S/C7H3ClF5NO/c8-5-3(15)1-2(6(9)10)4(14-5)7(11,12)13/h1,6,15H. The Hall–Kier alpha value is -1.11. The van der Waals surface area contributed by atoms with Crippen molar-refractivity contribution >= 4 is 11.6 Å². The minimum atomic E-state index is -5.04. The first-order valence-corrected chi connectivity index (χ1v) is 3.86. The van der Waals surface area contributed by atoms with Crippen molar-refractivity contribution in [3.8, 4) is 5.75 Å². The van der Waals surface area contributed by atoms with E-state index in [9.17, 15) is 22.0 Å². The molecule has 0 atom stereocenters. The topological polar surface area (TPSA) is 33.1 Å². The van der Waals surface area contributed by atoms with Crippen LogP contribution in [0.25, 0.3) is 0 Å². The summed E-state index contributed by atoms with van der Waals surface area (Å²) in [6.07, 6.45) is -8.43. The lowest BCUT2D eigenvalue weighted by Crippen LogP contribution is -2.12. The molecule has 2 nitrogen and oxygen atoms in total. The van der Waals surface area contributed by atoms with E-state index >= 15 is 0 Å². The molecular weight excluding hydrogens is 245 g/mol. The molecule has 1 aromatic heterocycles. The SMILES string of the molecule is Oc1cc(C(F)F)c(C(F)(F)F)nc1Cl. The highest BCUT2D eigenvalue weighted by Gasteiger charge is 2.38. The maximum absolute atomic E-state index is 12.2. The smallest absolute Gasteiger partial charge is 0.433 e. The summed E-state index contributed by atoms with van der Waals surface area (Å²) < 4.78 is 60.9. The van der Waals surface area contributed by atoms with Crippen molar-refractivity contribution in [3.05, 3.63) is 22.5 Å². The van der Waals surface area contributed by atoms with Crippen molar-refractivity contribution in [3.63, 3.8) is 0 Å². The van der Waals surface area contributed by atoms with Crippen molar-refractivity contribution in [1.82, 2.24) is 4.98 Å². The Kier molecular flexibility index (Phi) is 3.03. The average molecular weight is 248 g/mol. The van der Waals surface area contributed by atoms with Gasteiger partial charge in [-0.05, 0) is 6.07 Å². The lowest BCUT2D eigenvalue weighted by molar-refractivity contribution is -0.143. The zero-order valence-electron chi connectivity index (χ0n) is 6.82. The summed E-state index contributed by atoms with van der Waals surface area (Å²) >= 11 is 5.09. The van der Waals surface area contributed by atoms with Crippen LogP contribution in [-0.4, -0.2) is 10.1 Å². The van der Waals surface area contributed by atoms with Crippen molar-refractivity contribution in [2.75, 3.05) is 0 Å². The number of rotatable bonds is 1. The quantitative estimate of drug-likeness (QED) is 0.609. The molecule has 1 heterocycles. The Morgan fingerprint density at radius 1 is 1.33 bits per heavy atom. The molecule has 0 aromatic carbocycles. The molecule has 0 bridgehead atoms. The molecule has 0 radical (unpaired) electrons. The summed E-state index contributed by atoms with van der Waals surface area (Å²) in [4.78, 5) is 2.68. The molecule has 84 valence electrons. The lowest BCUT2D eigenvalue weighted by Gasteiger charge is -2.11. The first kappa shape index (κ1) is 12.0. The van der Waals surface area contributed by atoms with E-state index in [1.807, 2.05) is 0 Å². The number of nitrogens with zero attached hydrogens (tertiary/aromatic N) is 1. The van der Waals surface area contributed by atoms with Gasteiger partial charge in [0, 0.05) is 0 Å². The number of hydrogen-bond donors (Lipinski definition) is 1. The molecule has 0 aliphatic rings. The number of aromatic hydroxyl groups is 1. The van der Waals surface area contributed by atoms with Gasteiger partial charge in [0.05, 0.1) is 5.56 Å². The lowest BCUT2D eigenvalue weighted by atomic mass is 10.2. The zero-order valence-corrected chi connectivity index (χ0v) is 7.57. The molecule has 8 heteroatoms. The molecule has 0 spiro atoms. The van der Waals surface area contributed by atoms with E-state index in [0.717, 1.165) is 0 Å². The van der Waals surface area contributed by atoms with Crippen LogP contribution < -0.4 is 0 Å². The second kappa shape index (κ2) is 3.80. The summed E-state index contributed by atoms with van der Waals surface area (Å²) in [5, 5.41) is 7.98. The molecule has 0 saturated carbocycles. The van der Waals surface area contributed by atoms with Crippen molar-refractivity contribution < 1.29 is 27.1 Å². The summed E-state index contributed by atoms with van der Waals surface area (Å²) in [6.45, 7) is 0. The van der Waals surface area contributed by atoms with Crippen LogP contribution in [0.3, 0.4) is 0 Å². The van der Waals surface area contributed by atoms with Gasteiger partial charge in [0.15, 0.2) is 16.6 Å². The average Bonchev–Trinajstić information content (AvgIpc) is 2.06.